The molecule has 2 aromatic rings. The van der Waals surface area contributed by atoms with Crippen molar-refractivity contribution in [2.45, 2.75) is 69.1 Å². The second kappa shape index (κ2) is 10.5. The van der Waals surface area contributed by atoms with Gasteiger partial charge in [0.2, 0.25) is 0 Å². The van der Waals surface area contributed by atoms with E-state index in [1.807, 2.05) is 48.5 Å². The number of fused-ring (bicyclic) bond motifs is 1. The molecule has 7 nitrogen and oxygen atoms in total. The minimum absolute atomic E-state index is 0.0732. The zero-order valence-corrected chi connectivity index (χ0v) is 21.9. The Bertz CT molecular complexity index is 1120. The van der Waals surface area contributed by atoms with Crippen LogP contribution in [0.5, 0.6) is 5.75 Å². The Balaban J connectivity index is 1.38. The van der Waals surface area contributed by atoms with Gasteiger partial charge in [-0.2, -0.15) is 0 Å². The predicted octanol–water partition coefficient (Wildman–Crippen LogP) is 4.52. The molecule has 1 amide bonds. The van der Waals surface area contributed by atoms with Gasteiger partial charge in [-0.25, -0.2) is 4.79 Å². The molecular weight excluding hydrogens is 468 g/mol. The van der Waals surface area contributed by atoms with Crippen LogP contribution in [0.3, 0.4) is 0 Å². The van der Waals surface area contributed by atoms with Gasteiger partial charge in [0.25, 0.3) is 0 Å². The van der Waals surface area contributed by atoms with E-state index in [4.69, 9.17) is 9.47 Å². The smallest absolute Gasteiger partial charge is 0.410 e. The highest BCUT2D eigenvalue weighted by Crippen LogP contribution is 2.53. The summed E-state index contributed by atoms with van der Waals surface area (Å²) in [7, 11) is 1.80. The number of carbonyl (C=O) groups is 2. The van der Waals surface area contributed by atoms with Gasteiger partial charge in [0, 0.05) is 38.5 Å². The third-order valence-corrected chi connectivity index (χ3v) is 8.61. The van der Waals surface area contributed by atoms with Crippen LogP contribution in [0.25, 0.3) is 0 Å². The van der Waals surface area contributed by atoms with E-state index in [0.29, 0.717) is 31.6 Å². The average molecular weight is 507 g/mol. The Hall–Kier alpha value is -2.90. The molecule has 0 aromatic heterocycles. The van der Waals surface area contributed by atoms with Gasteiger partial charge < -0.3 is 24.4 Å². The number of carbonyl (C=O) groups excluding carboxylic acids is 2. The minimum Gasteiger partial charge on any atom is -0.445 e. The topological polar surface area (TPSA) is 79.3 Å². The van der Waals surface area contributed by atoms with E-state index < -0.39 is 11.0 Å². The fourth-order valence-electron chi connectivity index (χ4n) is 6.38. The second-order valence-electron chi connectivity index (χ2n) is 11.2. The van der Waals surface area contributed by atoms with E-state index in [1.54, 1.807) is 18.0 Å². The van der Waals surface area contributed by atoms with Gasteiger partial charge in [0.05, 0.1) is 5.60 Å². The molecule has 0 bridgehead atoms. The molecule has 2 saturated carbocycles. The number of piperidine rings is 1. The lowest BCUT2D eigenvalue weighted by Gasteiger charge is -2.59. The van der Waals surface area contributed by atoms with Crippen molar-refractivity contribution < 1.29 is 24.2 Å². The summed E-state index contributed by atoms with van der Waals surface area (Å²) < 4.78 is 11.0. The van der Waals surface area contributed by atoms with Crippen LogP contribution >= 0.6 is 0 Å². The monoisotopic (exact) mass is 506 g/mol. The van der Waals surface area contributed by atoms with E-state index >= 15 is 0 Å². The average Bonchev–Trinajstić information content (AvgIpc) is 3.70. The molecule has 2 aromatic carbocycles. The van der Waals surface area contributed by atoms with Crippen LogP contribution in [0.4, 0.5) is 4.79 Å². The third kappa shape index (κ3) is 5.53. The Morgan fingerprint density at radius 1 is 1.08 bits per heavy atom. The third-order valence-electron chi connectivity index (χ3n) is 8.61. The van der Waals surface area contributed by atoms with Gasteiger partial charge in [0.1, 0.15) is 12.4 Å². The van der Waals surface area contributed by atoms with Crippen LogP contribution in [0, 0.1) is 5.92 Å². The highest BCUT2D eigenvalue weighted by molar-refractivity contribution is 5.69. The lowest BCUT2D eigenvalue weighted by Crippen LogP contribution is -2.67. The van der Waals surface area contributed by atoms with E-state index in [2.05, 4.69) is 4.90 Å². The van der Waals surface area contributed by atoms with Crippen molar-refractivity contribution in [1.82, 2.24) is 9.80 Å². The summed E-state index contributed by atoms with van der Waals surface area (Å²) in [6, 6.07) is 17.2. The molecule has 3 atom stereocenters. The molecule has 3 fully saturated rings. The molecule has 37 heavy (non-hydrogen) atoms. The fourth-order valence-corrected chi connectivity index (χ4v) is 6.38. The first kappa shape index (κ1) is 25.7. The van der Waals surface area contributed by atoms with Crippen LogP contribution in [-0.4, -0.2) is 65.3 Å². The van der Waals surface area contributed by atoms with Crippen molar-refractivity contribution in [3.8, 4) is 5.75 Å². The number of ether oxygens (including phenoxy) is 2. The van der Waals surface area contributed by atoms with Crippen molar-refractivity contribution in [2.24, 2.45) is 5.92 Å². The van der Waals surface area contributed by atoms with Crippen LogP contribution in [0.2, 0.25) is 0 Å². The second-order valence-corrected chi connectivity index (χ2v) is 11.2. The number of benzene rings is 2. The van der Waals surface area contributed by atoms with Crippen molar-refractivity contribution in [3.63, 3.8) is 0 Å². The van der Waals surface area contributed by atoms with Gasteiger partial charge in [-0.05, 0) is 74.2 Å². The summed E-state index contributed by atoms with van der Waals surface area (Å²) in [4.78, 5) is 28.8. The molecule has 0 radical (unpaired) electrons. The van der Waals surface area contributed by atoms with E-state index in [1.165, 1.54) is 19.8 Å². The summed E-state index contributed by atoms with van der Waals surface area (Å²) in [6.45, 7) is 4.18. The van der Waals surface area contributed by atoms with Crippen LogP contribution in [0.1, 0.15) is 56.6 Å². The normalized spacial score (nSPS) is 27.7. The zero-order chi connectivity index (χ0) is 26.0. The van der Waals surface area contributed by atoms with Crippen molar-refractivity contribution in [2.75, 3.05) is 26.7 Å². The molecule has 1 aliphatic heterocycles. The number of hydrogen-bond donors (Lipinski definition) is 1. The fraction of sp³-hybridized carbons (Fsp3) is 0.533. The number of nitrogens with zero attached hydrogens (tertiary/aromatic N) is 2. The number of likely N-dealkylation sites (tertiary alicyclic amines) is 1. The standard InChI is InChI=1S/C30H38N2O5/c1-22(33)37-27-10-6-9-25(17-27)29-15-16-32(19-23-11-12-23)21-30(29,35)14-13-26(18-29)31(2)28(34)36-20-24-7-4-3-5-8-24/h3-10,17,23,26,35H,11-16,18-21H2,1-2H3/t26-,29-,30-/m0/s1. The van der Waals surface area contributed by atoms with Crippen LogP contribution < -0.4 is 4.74 Å². The molecule has 198 valence electrons. The van der Waals surface area contributed by atoms with Gasteiger partial charge in [-0.1, -0.05) is 42.5 Å². The molecular formula is C30H38N2O5. The first-order valence-corrected chi connectivity index (χ1v) is 13.5. The Morgan fingerprint density at radius 3 is 2.59 bits per heavy atom. The molecule has 2 aliphatic carbocycles. The highest BCUT2D eigenvalue weighted by Gasteiger charge is 2.58. The van der Waals surface area contributed by atoms with Gasteiger partial charge in [-0.3, -0.25) is 4.79 Å². The van der Waals surface area contributed by atoms with Gasteiger partial charge >= 0.3 is 12.1 Å². The first-order valence-electron chi connectivity index (χ1n) is 13.5. The SMILES string of the molecule is CC(=O)Oc1cccc([C@@]23CCN(CC4CC4)C[C@@]2(O)CC[C@H](N(C)C(=O)OCc2ccccc2)C3)c1. The van der Waals surface area contributed by atoms with E-state index in [9.17, 15) is 14.7 Å². The summed E-state index contributed by atoms with van der Waals surface area (Å²) in [5.74, 6) is 0.872. The lowest BCUT2D eigenvalue weighted by molar-refractivity contribution is -0.133. The molecule has 1 saturated heterocycles. The van der Waals surface area contributed by atoms with Crippen LogP contribution in [0.15, 0.2) is 54.6 Å². The Labute approximate surface area is 219 Å². The summed E-state index contributed by atoms with van der Waals surface area (Å²) >= 11 is 0. The van der Waals surface area contributed by atoms with Crippen molar-refractivity contribution in [1.29, 1.82) is 0 Å². The van der Waals surface area contributed by atoms with E-state index in [-0.39, 0.29) is 24.7 Å². The zero-order valence-electron chi connectivity index (χ0n) is 21.9. The largest absolute Gasteiger partial charge is 0.445 e. The maximum absolute atomic E-state index is 13.0. The summed E-state index contributed by atoms with van der Waals surface area (Å²) in [6.07, 6.45) is 4.91. The molecule has 3 aliphatic rings. The van der Waals surface area contributed by atoms with Gasteiger partial charge in [-0.15, -0.1) is 0 Å². The van der Waals surface area contributed by atoms with Crippen molar-refractivity contribution >= 4 is 12.1 Å². The highest BCUT2D eigenvalue weighted by atomic mass is 16.6. The number of β-amino-alcohol motifs (C(OH)–C–C–N with tert-alkyl or cyclic N) is 1. The number of aliphatic hydroxyl groups is 1. The first-order chi connectivity index (χ1) is 17.8. The molecule has 1 N–H and O–H groups in total. The maximum Gasteiger partial charge on any atom is 0.410 e. The molecule has 5 rings (SSSR count). The van der Waals surface area contributed by atoms with Gasteiger partial charge in [0.15, 0.2) is 0 Å². The molecule has 0 unspecified atom stereocenters. The number of rotatable bonds is 7. The molecule has 0 spiro atoms. The summed E-state index contributed by atoms with van der Waals surface area (Å²) in [5, 5.41) is 12.3. The number of hydrogen-bond acceptors (Lipinski definition) is 6. The molecule has 1 heterocycles. The minimum atomic E-state index is -0.930. The quantitative estimate of drug-likeness (QED) is 0.440. The van der Waals surface area contributed by atoms with Crippen LogP contribution in [-0.2, 0) is 21.6 Å². The lowest BCUT2D eigenvalue weighted by atomic mass is 9.55. The Morgan fingerprint density at radius 2 is 1.86 bits per heavy atom. The summed E-state index contributed by atoms with van der Waals surface area (Å²) in [5.41, 5.74) is 0.431. The maximum atomic E-state index is 13.0. The van der Waals surface area contributed by atoms with E-state index in [0.717, 1.165) is 36.6 Å². The van der Waals surface area contributed by atoms with Crippen molar-refractivity contribution in [3.05, 3.63) is 65.7 Å². The molecule has 7 heteroatoms. The predicted molar refractivity (Wildman–Crippen MR) is 140 cm³/mol. The Kier molecular flexibility index (Phi) is 7.28. The number of esters is 1. The number of amides is 1.